The summed E-state index contributed by atoms with van der Waals surface area (Å²) >= 11 is 0. The Morgan fingerprint density at radius 2 is 2.32 bits per heavy atom. The van der Waals surface area contributed by atoms with Crippen molar-refractivity contribution in [1.82, 2.24) is 10.6 Å². The van der Waals surface area contributed by atoms with Crippen molar-refractivity contribution in [3.05, 3.63) is 11.6 Å². The molecule has 1 aliphatic heterocycles. The molecule has 1 atom stereocenters. The van der Waals surface area contributed by atoms with Crippen LogP contribution < -0.4 is 10.6 Å². The summed E-state index contributed by atoms with van der Waals surface area (Å²) in [4.78, 5) is 11.7. The van der Waals surface area contributed by atoms with Crippen molar-refractivity contribution in [3.63, 3.8) is 0 Å². The zero-order valence-electron chi connectivity index (χ0n) is 11.9. The van der Waals surface area contributed by atoms with Gasteiger partial charge in [-0.3, -0.25) is 0 Å². The van der Waals surface area contributed by atoms with E-state index >= 15 is 0 Å². The van der Waals surface area contributed by atoms with Crippen molar-refractivity contribution in [2.24, 2.45) is 5.92 Å². The van der Waals surface area contributed by atoms with Crippen molar-refractivity contribution in [2.45, 2.75) is 39.2 Å². The van der Waals surface area contributed by atoms with Crippen LogP contribution in [0.2, 0.25) is 0 Å². The molecule has 1 rings (SSSR count). The lowest BCUT2D eigenvalue weighted by Crippen LogP contribution is -2.44. The van der Waals surface area contributed by atoms with Crippen LogP contribution >= 0.6 is 0 Å². The van der Waals surface area contributed by atoms with Crippen molar-refractivity contribution >= 4 is 6.03 Å². The first-order valence-electron chi connectivity index (χ1n) is 7.02. The van der Waals surface area contributed by atoms with Gasteiger partial charge in [0.15, 0.2) is 0 Å². The summed E-state index contributed by atoms with van der Waals surface area (Å²) in [7, 11) is 0. The smallest absolute Gasteiger partial charge is 0.315 e. The van der Waals surface area contributed by atoms with Gasteiger partial charge in [0, 0.05) is 6.54 Å². The van der Waals surface area contributed by atoms with Crippen molar-refractivity contribution < 1.29 is 14.6 Å². The van der Waals surface area contributed by atoms with E-state index in [0.29, 0.717) is 19.1 Å². The minimum atomic E-state index is -0.202. The summed E-state index contributed by atoms with van der Waals surface area (Å²) < 4.78 is 5.23. The highest BCUT2D eigenvalue weighted by Crippen LogP contribution is 2.10. The molecule has 0 fully saturated rings. The third-order valence-electron chi connectivity index (χ3n) is 3.10. The molecule has 1 unspecified atom stereocenters. The van der Waals surface area contributed by atoms with E-state index in [9.17, 15) is 9.90 Å². The molecule has 0 saturated heterocycles. The quantitative estimate of drug-likeness (QED) is 0.613. The number of carbonyl (C=O) groups excluding carboxylic acids is 1. The maximum atomic E-state index is 11.7. The second-order valence-electron chi connectivity index (χ2n) is 5.35. The van der Waals surface area contributed by atoms with Gasteiger partial charge in [-0.2, -0.15) is 0 Å². The minimum absolute atomic E-state index is 0.0198. The fourth-order valence-corrected chi connectivity index (χ4v) is 2.11. The normalized spacial score (nSPS) is 16.9. The van der Waals surface area contributed by atoms with E-state index in [1.807, 2.05) is 0 Å². The van der Waals surface area contributed by atoms with Gasteiger partial charge >= 0.3 is 6.03 Å². The highest BCUT2D eigenvalue weighted by atomic mass is 16.5. The molecule has 110 valence electrons. The molecule has 3 N–H and O–H groups in total. The van der Waals surface area contributed by atoms with Crippen LogP contribution in [0.1, 0.15) is 33.1 Å². The van der Waals surface area contributed by atoms with Crippen LogP contribution in [0.15, 0.2) is 11.6 Å². The molecule has 1 aliphatic rings. The number of rotatable bonds is 7. The lowest BCUT2D eigenvalue weighted by atomic mass is 10.0. The van der Waals surface area contributed by atoms with Crippen LogP contribution in [0.4, 0.5) is 4.79 Å². The molecule has 0 aliphatic carbocycles. The average Bonchev–Trinajstić information content (AvgIpc) is 2.38. The van der Waals surface area contributed by atoms with Crippen molar-refractivity contribution in [1.29, 1.82) is 0 Å². The van der Waals surface area contributed by atoms with E-state index in [1.54, 1.807) is 0 Å². The molecule has 1 heterocycles. The predicted octanol–water partition coefficient (Wildman–Crippen LogP) is 1.43. The first kappa shape index (κ1) is 16.0. The van der Waals surface area contributed by atoms with Gasteiger partial charge in [-0.25, -0.2) is 4.79 Å². The number of urea groups is 1. The predicted molar refractivity (Wildman–Crippen MR) is 75.0 cm³/mol. The van der Waals surface area contributed by atoms with E-state index in [1.165, 1.54) is 5.57 Å². The molecular formula is C14H26N2O3. The molecule has 0 saturated carbocycles. The highest BCUT2D eigenvalue weighted by molar-refractivity contribution is 5.74. The number of hydrogen-bond acceptors (Lipinski definition) is 3. The number of amides is 2. The van der Waals surface area contributed by atoms with Crippen molar-refractivity contribution in [2.75, 3.05) is 26.4 Å². The molecule has 0 bridgehead atoms. The Labute approximate surface area is 115 Å². The van der Waals surface area contributed by atoms with Crippen LogP contribution in [0.25, 0.3) is 0 Å². The zero-order chi connectivity index (χ0) is 14.1. The topological polar surface area (TPSA) is 70.6 Å². The Balaban J connectivity index is 2.17. The maximum Gasteiger partial charge on any atom is 0.315 e. The third kappa shape index (κ3) is 7.18. The molecule has 0 aromatic rings. The van der Waals surface area contributed by atoms with E-state index in [4.69, 9.17) is 4.74 Å². The number of aliphatic hydroxyl groups is 1. The van der Waals surface area contributed by atoms with Crippen molar-refractivity contribution in [3.8, 4) is 0 Å². The second kappa shape index (κ2) is 8.93. The summed E-state index contributed by atoms with van der Waals surface area (Å²) in [6.07, 6.45) is 4.69. The van der Waals surface area contributed by atoms with Gasteiger partial charge in [0.2, 0.25) is 0 Å². The molecule has 2 amide bonds. The summed E-state index contributed by atoms with van der Waals surface area (Å²) in [6, 6.07) is -0.366. The van der Waals surface area contributed by atoms with Gasteiger partial charge in [0.25, 0.3) is 0 Å². The molecule has 19 heavy (non-hydrogen) atoms. The molecule has 5 heteroatoms. The summed E-state index contributed by atoms with van der Waals surface area (Å²) in [5.41, 5.74) is 1.34. The van der Waals surface area contributed by atoms with Crippen LogP contribution in [-0.4, -0.2) is 43.5 Å². The summed E-state index contributed by atoms with van der Waals surface area (Å²) in [5, 5.41) is 14.8. The summed E-state index contributed by atoms with van der Waals surface area (Å²) in [6.45, 7) is 6.20. The van der Waals surface area contributed by atoms with E-state index < -0.39 is 0 Å². The van der Waals surface area contributed by atoms with E-state index in [0.717, 1.165) is 25.9 Å². The summed E-state index contributed by atoms with van der Waals surface area (Å²) in [5.74, 6) is 0.449. The monoisotopic (exact) mass is 270 g/mol. The Hall–Kier alpha value is -1.07. The molecular weight excluding hydrogens is 244 g/mol. The Bertz CT molecular complexity index is 303. The van der Waals surface area contributed by atoms with Crippen LogP contribution in [0.3, 0.4) is 0 Å². The standard InChI is InChI=1S/C14H26N2O3/c1-11(2)9-13(10-17)16-14(18)15-6-3-12-4-7-19-8-5-12/h4,11,13,17H,3,5-10H2,1-2H3,(H2,15,16,18). The number of aliphatic hydroxyl groups excluding tert-OH is 1. The van der Waals surface area contributed by atoms with Crippen LogP contribution in [0.5, 0.6) is 0 Å². The SMILES string of the molecule is CC(C)CC(CO)NC(=O)NCCC1=CCOCC1. The third-order valence-corrected chi connectivity index (χ3v) is 3.10. The number of carbonyl (C=O) groups is 1. The van der Waals surface area contributed by atoms with E-state index in [2.05, 4.69) is 30.6 Å². The maximum absolute atomic E-state index is 11.7. The van der Waals surface area contributed by atoms with Gasteiger partial charge in [-0.15, -0.1) is 0 Å². The van der Waals surface area contributed by atoms with Crippen LogP contribution in [0, 0.1) is 5.92 Å². The first-order chi connectivity index (χ1) is 9.11. The fourth-order valence-electron chi connectivity index (χ4n) is 2.11. The molecule has 0 radical (unpaired) electrons. The fraction of sp³-hybridized carbons (Fsp3) is 0.786. The Kier molecular flexibility index (Phi) is 7.52. The number of nitrogens with one attached hydrogen (secondary N) is 2. The van der Waals surface area contributed by atoms with Gasteiger partial charge in [0.05, 0.1) is 25.9 Å². The van der Waals surface area contributed by atoms with Gasteiger partial charge in [-0.1, -0.05) is 25.5 Å². The Morgan fingerprint density at radius 1 is 1.53 bits per heavy atom. The number of ether oxygens (including phenoxy) is 1. The van der Waals surface area contributed by atoms with E-state index in [-0.39, 0.29) is 18.7 Å². The highest BCUT2D eigenvalue weighted by Gasteiger charge is 2.12. The largest absolute Gasteiger partial charge is 0.394 e. The first-order valence-corrected chi connectivity index (χ1v) is 7.02. The second-order valence-corrected chi connectivity index (χ2v) is 5.35. The van der Waals surface area contributed by atoms with Gasteiger partial charge < -0.3 is 20.5 Å². The lowest BCUT2D eigenvalue weighted by molar-refractivity contribution is 0.153. The molecule has 0 spiro atoms. The van der Waals surface area contributed by atoms with Gasteiger partial charge in [0.1, 0.15) is 0 Å². The van der Waals surface area contributed by atoms with Gasteiger partial charge in [-0.05, 0) is 25.2 Å². The lowest BCUT2D eigenvalue weighted by Gasteiger charge is -2.19. The minimum Gasteiger partial charge on any atom is -0.394 e. The molecule has 0 aromatic heterocycles. The van der Waals surface area contributed by atoms with Crippen LogP contribution in [-0.2, 0) is 4.74 Å². The average molecular weight is 270 g/mol. The molecule has 5 nitrogen and oxygen atoms in total. The number of hydrogen-bond donors (Lipinski definition) is 3. The molecule has 0 aromatic carbocycles. The Morgan fingerprint density at radius 3 is 2.89 bits per heavy atom. The zero-order valence-corrected chi connectivity index (χ0v) is 11.9.